The predicted molar refractivity (Wildman–Crippen MR) is 82.8 cm³/mol. The van der Waals surface area contributed by atoms with Gasteiger partial charge in [-0.15, -0.1) is 0 Å². The highest BCUT2D eigenvalue weighted by molar-refractivity contribution is 9.11. The molecule has 1 amide bonds. The maximum Gasteiger partial charge on any atom is 0.282 e. The van der Waals surface area contributed by atoms with E-state index < -0.39 is 22.3 Å². The molecule has 0 saturated carbocycles. The van der Waals surface area contributed by atoms with Crippen LogP contribution in [0.25, 0.3) is 0 Å². The Morgan fingerprint density at radius 3 is 2.52 bits per heavy atom. The van der Waals surface area contributed by atoms with Gasteiger partial charge in [-0.1, -0.05) is 15.9 Å². The Morgan fingerprint density at radius 2 is 1.90 bits per heavy atom. The number of anilines is 1. The van der Waals surface area contributed by atoms with E-state index in [0.29, 0.717) is 10.2 Å². The number of hydrogen-bond acceptors (Lipinski definition) is 3. The van der Waals surface area contributed by atoms with Gasteiger partial charge in [-0.3, -0.25) is 14.9 Å². The van der Waals surface area contributed by atoms with Gasteiger partial charge in [-0.25, -0.2) is 4.39 Å². The minimum Gasteiger partial charge on any atom is -0.321 e. The number of rotatable bonds is 3. The smallest absolute Gasteiger partial charge is 0.282 e. The number of benzene rings is 2. The van der Waals surface area contributed by atoms with Gasteiger partial charge in [-0.05, 0) is 46.3 Å². The molecule has 0 heterocycles. The first-order chi connectivity index (χ1) is 9.88. The van der Waals surface area contributed by atoms with Gasteiger partial charge in [-0.2, -0.15) is 0 Å². The molecule has 0 radical (unpaired) electrons. The molecule has 21 heavy (non-hydrogen) atoms. The average molecular weight is 418 g/mol. The molecule has 0 atom stereocenters. The fourth-order valence-electron chi connectivity index (χ4n) is 1.63. The van der Waals surface area contributed by atoms with E-state index in [4.69, 9.17) is 0 Å². The van der Waals surface area contributed by atoms with Crippen molar-refractivity contribution in [3.05, 3.63) is 66.8 Å². The molecule has 5 nitrogen and oxygen atoms in total. The van der Waals surface area contributed by atoms with Gasteiger partial charge in [0, 0.05) is 15.0 Å². The van der Waals surface area contributed by atoms with Crippen molar-refractivity contribution in [3.8, 4) is 0 Å². The van der Waals surface area contributed by atoms with Crippen molar-refractivity contribution in [1.82, 2.24) is 0 Å². The van der Waals surface area contributed by atoms with E-state index in [-0.39, 0.29) is 5.56 Å². The fraction of sp³-hybridized carbons (Fsp3) is 0. The Kier molecular flexibility index (Phi) is 4.69. The number of amides is 1. The van der Waals surface area contributed by atoms with Crippen LogP contribution in [0.15, 0.2) is 45.3 Å². The Bertz CT molecular complexity index is 737. The molecule has 0 fully saturated rings. The van der Waals surface area contributed by atoms with Crippen molar-refractivity contribution < 1.29 is 14.1 Å². The lowest BCUT2D eigenvalue weighted by atomic mass is 10.1. The second-order valence-corrected chi connectivity index (χ2v) is 5.77. The molecular weight excluding hydrogens is 411 g/mol. The molecule has 0 aliphatic carbocycles. The van der Waals surface area contributed by atoms with Crippen LogP contribution in [-0.4, -0.2) is 10.8 Å². The minimum absolute atomic E-state index is 0.338. The van der Waals surface area contributed by atoms with Crippen LogP contribution in [0, 0.1) is 15.9 Å². The molecule has 2 aromatic carbocycles. The molecule has 1 N–H and O–H groups in total. The number of nitrogens with zero attached hydrogens (tertiary/aromatic N) is 1. The van der Waals surface area contributed by atoms with E-state index in [1.54, 1.807) is 18.2 Å². The molecule has 108 valence electrons. The average Bonchev–Trinajstić information content (AvgIpc) is 2.41. The molecule has 0 bridgehead atoms. The quantitative estimate of drug-likeness (QED) is 0.589. The first kappa shape index (κ1) is 15.6. The topological polar surface area (TPSA) is 72.2 Å². The number of halogens is 3. The van der Waals surface area contributed by atoms with E-state index in [1.165, 1.54) is 0 Å². The van der Waals surface area contributed by atoms with Crippen LogP contribution >= 0.6 is 31.9 Å². The zero-order chi connectivity index (χ0) is 15.6. The lowest BCUT2D eigenvalue weighted by Crippen LogP contribution is -2.14. The number of hydrogen-bond donors (Lipinski definition) is 1. The molecule has 0 aliphatic heterocycles. The second kappa shape index (κ2) is 6.31. The Labute approximate surface area is 135 Å². The van der Waals surface area contributed by atoms with Gasteiger partial charge >= 0.3 is 0 Å². The van der Waals surface area contributed by atoms with E-state index in [1.807, 2.05) is 0 Å². The number of carbonyl (C=O) groups is 1. The highest BCUT2D eigenvalue weighted by atomic mass is 79.9. The molecule has 2 rings (SSSR count). The highest BCUT2D eigenvalue weighted by Crippen LogP contribution is 2.28. The Hall–Kier alpha value is -1.80. The van der Waals surface area contributed by atoms with Crippen molar-refractivity contribution in [2.75, 3.05) is 5.32 Å². The summed E-state index contributed by atoms with van der Waals surface area (Å²) in [6, 6.07) is 7.73. The first-order valence-electron chi connectivity index (χ1n) is 5.59. The minimum atomic E-state index is -0.760. The Balaban J connectivity index is 2.36. The van der Waals surface area contributed by atoms with Crippen LogP contribution < -0.4 is 5.32 Å². The summed E-state index contributed by atoms with van der Waals surface area (Å²) in [5.41, 5.74) is -0.376. The SMILES string of the molecule is O=C(Nc1ccc(Br)cc1Br)c1cc(F)ccc1[N+](=O)[O-]. The summed E-state index contributed by atoms with van der Waals surface area (Å²) < 4.78 is 14.6. The van der Waals surface area contributed by atoms with Crippen LogP contribution in [0.4, 0.5) is 15.8 Å². The lowest BCUT2D eigenvalue weighted by Gasteiger charge is -2.08. The lowest BCUT2D eigenvalue weighted by molar-refractivity contribution is -0.385. The molecule has 0 spiro atoms. The molecule has 8 heteroatoms. The largest absolute Gasteiger partial charge is 0.321 e. The maximum absolute atomic E-state index is 13.2. The van der Waals surface area contributed by atoms with Crippen LogP contribution in [0.3, 0.4) is 0 Å². The van der Waals surface area contributed by atoms with Gasteiger partial charge in [0.1, 0.15) is 11.4 Å². The second-order valence-electron chi connectivity index (χ2n) is 4.00. The van der Waals surface area contributed by atoms with Crippen LogP contribution in [0.5, 0.6) is 0 Å². The van der Waals surface area contributed by atoms with Crippen molar-refractivity contribution in [2.24, 2.45) is 0 Å². The molecule has 2 aromatic rings. The highest BCUT2D eigenvalue weighted by Gasteiger charge is 2.21. The standard InChI is InChI=1S/C13H7Br2FN2O3/c14-7-1-3-11(10(15)5-7)17-13(19)9-6-8(16)2-4-12(9)18(20)21/h1-6H,(H,17,19). The third-order valence-corrected chi connectivity index (χ3v) is 3.73. The molecular formula is C13H7Br2FN2O3. The van der Waals surface area contributed by atoms with Crippen LogP contribution in [0.2, 0.25) is 0 Å². The van der Waals surface area contributed by atoms with Crippen molar-refractivity contribution in [1.29, 1.82) is 0 Å². The maximum atomic E-state index is 13.2. The van der Waals surface area contributed by atoms with Crippen LogP contribution in [0.1, 0.15) is 10.4 Å². The van der Waals surface area contributed by atoms with Crippen molar-refractivity contribution in [3.63, 3.8) is 0 Å². The first-order valence-corrected chi connectivity index (χ1v) is 7.17. The predicted octanol–water partition coefficient (Wildman–Crippen LogP) is 4.51. The summed E-state index contributed by atoms with van der Waals surface area (Å²) >= 11 is 6.52. The monoisotopic (exact) mass is 416 g/mol. The summed E-state index contributed by atoms with van der Waals surface area (Å²) in [5.74, 6) is -1.48. The molecule has 0 saturated heterocycles. The van der Waals surface area contributed by atoms with Crippen LogP contribution in [-0.2, 0) is 0 Å². The van der Waals surface area contributed by atoms with Gasteiger partial charge in [0.25, 0.3) is 11.6 Å². The van der Waals surface area contributed by atoms with Gasteiger partial charge in [0.2, 0.25) is 0 Å². The van der Waals surface area contributed by atoms with E-state index in [0.717, 1.165) is 22.7 Å². The van der Waals surface area contributed by atoms with Crippen molar-refractivity contribution >= 4 is 49.1 Å². The molecule has 0 unspecified atom stereocenters. The van der Waals surface area contributed by atoms with Gasteiger partial charge in [0.15, 0.2) is 0 Å². The van der Waals surface area contributed by atoms with E-state index in [2.05, 4.69) is 37.2 Å². The Morgan fingerprint density at radius 1 is 1.19 bits per heavy atom. The summed E-state index contributed by atoms with van der Waals surface area (Å²) in [5, 5.41) is 13.4. The summed E-state index contributed by atoms with van der Waals surface area (Å²) in [6.45, 7) is 0. The van der Waals surface area contributed by atoms with E-state index in [9.17, 15) is 19.3 Å². The summed E-state index contributed by atoms with van der Waals surface area (Å²) in [7, 11) is 0. The van der Waals surface area contributed by atoms with Gasteiger partial charge in [0.05, 0.1) is 10.6 Å². The normalized spacial score (nSPS) is 10.2. The zero-order valence-corrected chi connectivity index (χ0v) is 13.4. The van der Waals surface area contributed by atoms with Crippen molar-refractivity contribution in [2.45, 2.75) is 0 Å². The summed E-state index contributed by atoms with van der Waals surface area (Å²) in [6.07, 6.45) is 0. The third-order valence-electron chi connectivity index (χ3n) is 2.58. The number of nitro groups is 1. The number of nitrogens with one attached hydrogen (secondary N) is 1. The van der Waals surface area contributed by atoms with E-state index >= 15 is 0 Å². The fourth-order valence-corrected chi connectivity index (χ4v) is 2.78. The third kappa shape index (κ3) is 3.64. The molecule has 0 aliphatic rings. The summed E-state index contributed by atoms with van der Waals surface area (Å²) in [4.78, 5) is 22.3. The number of nitro benzene ring substituents is 1. The number of carbonyl (C=O) groups excluding carboxylic acids is 1. The van der Waals surface area contributed by atoms with Gasteiger partial charge < -0.3 is 5.32 Å². The zero-order valence-electron chi connectivity index (χ0n) is 10.3. The molecule has 0 aromatic heterocycles.